The summed E-state index contributed by atoms with van der Waals surface area (Å²) in [5, 5.41) is 4.88. The zero-order chi connectivity index (χ0) is 16.4. The Labute approximate surface area is 150 Å². The van der Waals surface area contributed by atoms with Gasteiger partial charge in [0.1, 0.15) is 12.4 Å². The fourth-order valence-electron chi connectivity index (χ4n) is 3.62. The van der Waals surface area contributed by atoms with Crippen molar-refractivity contribution in [1.29, 1.82) is 0 Å². The summed E-state index contributed by atoms with van der Waals surface area (Å²) < 4.78 is 9.58. The molecule has 2 aromatic carbocycles. The number of benzene rings is 2. The van der Waals surface area contributed by atoms with E-state index in [4.69, 9.17) is 4.74 Å². The molecule has 0 spiro atoms. The summed E-state index contributed by atoms with van der Waals surface area (Å²) in [6.45, 7) is 3.64. The number of para-hydroxylation sites is 1. The molecule has 2 heterocycles. The molecule has 124 valence electrons. The summed E-state index contributed by atoms with van der Waals surface area (Å²) in [6, 6.07) is 16.5. The number of nitrogens with zero attached hydrogens (tertiary/aromatic N) is 1. The van der Waals surface area contributed by atoms with Crippen LogP contribution in [-0.4, -0.2) is 24.3 Å². The molecule has 1 aliphatic rings. The van der Waals surface area contributed by atoms with Gasteiger partial charge in [-0.1, -0.05) is 40.2 Å². The van der Waals surface area contributed by atoms with E-state index in [0.29, 0.717) is 6.61 Å². The highest BCUT2D eigenvalue weighted by Gasteiger charge is 2.20. The minimum Gasteiger partial charge on any atom is -0.492 e. The molecule has 0 aliphatic carbocycles. The molecule has 3 nitrogen and oxygen atoms in total. The van der Waals surface area contributed by atoms with E-state index in [-0.39, 0.29) is 0 Å². The monoisotopic (exact) mass is 384 g/mol. The zero-order valence-electron chi connectivity index (χ0n) is 13.6. The fourth-order valence-corrected chi connectivity index (χ4v) is 4.21. The molecule has 0 radical (unpaired) electrons. The molecule has 1 aromatic heterocycles. The van der Waals surface area contributed by atoms with Crippen LogP contribution in [0.15, 0.2) is 53.0 Å². The Morgan fingerprint density at radius 1 is 1.00 bits per heavy atom. The van der Waals surface area contributed by atoms with Gasteiger partial charge in [0.25, 0.3) is 0 Å². The van der Waals surface area contributed by atoms with Gasteiger partial charge in [-0.15, -0.1) is 0 Å². The molecule has 0 unspecified atom stereocenters. The van der Waals surface area contributed by atoms with Crippen LogP contribution >= 0.6 is 15.9 Å². The van der Waals surface area contributed by atoms with E-state index < -0.39 is 0 Å². The van der Waals surface area contributed by atoms with Crippen molar-refractivity contribution in [3.8, 4) is 5.75 Å². The third-order valence-electron chi connectivity index (χ3n) is 4.68. The standard InChI is InChI=1S/C20H21BrN2O/c21-17-7-4-8-19-20(17)16-9-11-22-12-10-18(16)23(19)13-14-24-15-5-2-1-3-6-15/h1-8,22H,9-14H2. The van der Waals surface area contributed by atoms with Crippen LogP contribution in [0.1, 0.15) is 11.3 Å². The summed E-state index contributed by atoms with van der Waals surface area (Å²) >= 11 is 3.75. The summed E-state index contributed by atoms with van der Waals surface area (Å²) in [4.78, 5) is 0. The number of halogens is 1. The maximum absolute atomic E-state index is 5.93. The minimum absolute atomic E-state index is 0.681. The fraction of sp³-hybridized carbons (Fsp3) is 0.300. The maximum atomic E-state index is 5.93. The van der Waals surface area contributed by atoms with E-state index in [1.54, 1.807) is 0 Å². The first kappa shape index (κ1) is 15.7. The largest absolute Gasteiger partial charge is 0.492 e. The van der Waals surface area contributed by atoms with E-state index >= 15 is 0 Å². The van der Waals surface area contributed by atoms with Gasteiger partial charge in [-0.05, 0) is 42.8 Å². The summed E-state index contributed by atoms with van der Waals surface area (Å²) in [5.41, 5.74) is 4.26. The lowest BCUT2D eigenvalue weighted by atomic mass is 10.1. The summed E-state index contributed by atoms with van der Waals surface area (Å²) in [7, 11) is 0. The molecule has 0 saturated carbocycles. The Kier molecular flexibility index (Phi) is 4.58. The highest BCUT2D eigenvalue weighted by Crippen LogP contribution is 2.33. The summed E-state index contributed by atoms with van der Waals surface area (Å²) in [6.07, 6.45) is 2.16. The molecular weight excluding hydrogens is 364 g/mol. The number of rotatable bonds is 4. The molecule has 4 rings (SSSR count). The van der Waals surface area contributed by atoms with Crippen LogP contribution in [0.4, 0.5) is 0 Å². The van der Waals surface area contributed by atoms with Crippen molar-refractivity contribution < 1.29 is 4.74 Å². The molecule has 24 heavy (non-hydrogen) atoms. The second-order valence-corrected chi connectivity index (χ2v) is 6.98. The first-order valence-electron chi connectivity index (χ1n) is 8.51. The van der Waals surface area contributed by atoms with Crippen molar-refractivity contribution in [3.05, 3.63) is 64.3 Å². The number of fused-ring (bicyclic) bond motifs is 3. The number of nitrogens with one attached hydrogen (secondary N) is 1. The molecule has 0 bridgehead atoms. The molecular formula is C20H21BrN2O. The first-order chi connectivity index (χ1) is 11.8. The van der Waals surface area contributed by atoms with Gasteiger partial charge in [0.05, 0.1) is 6.54 Å². The molecule has 0 atom stereocenters. The van der Waals surface area contributed by atoms with E-state index in [1.165, 1.54) is 26.6 Å². The lowest BCUT2D eigenvalue weighted by Gasteiger charge is -2.12. The average molecular weight is 385 g/mol. The van der Waals surface area contributed by atoms with Gasteiger partial charge in [0, 0.05) is 34.0 Å². The predicted molar refractivity (Wildman–Crippen MR) is 102 cm³/mol. The number of hydrogen-bond donors (Lipinski definition) is 1. The van der Waals surface area contributed by atoms with Gasteiger partial charge < -0.3 is 14.6 Å². The quantitative estimate of drug-likeness (QED) is 0.730. The molecule has 0 fully saturated rings. The van der Waals surface area contributed by atoms with E-state index in [2.05, 4.69) is 44.0 Å². The number of hydrogen-bond acceptors (Lipinski definition) is 2. The molecule has 0 saturated heterocycles. The van der Waals surface area contributed by atoms with Crippen molar-refractivity contribution in [2.75, 3.05) is 19.7 Å². The normalized spacial score (nSPS) is 14.4. The Balaban J connectivity index is 1.66. The van der Waals surface area contributed by atoms with Crippen molar-refractivity contribution in [1.82, 2.24) is 9.88 Å². The van der Waals surface area contributed by atoms with Crippen molar-refractivity contribution >= 4 is 26.8 Å². The van der Waals surface area contributed by atoms with Crippen molar-refractivity contribution in [2.24, 2.45) is 0 Å². The minimum atomic E-state index is 0.681. The Hall–Kier alpha value is -1.78. The van der Waals surface area contributed by atoms with Gasteiger partial charge in [-0.3, -0.25) is 0 Å². The molecule has 1 aliphatic heterocycles. The number of ether oxygens (including phenoxy) is 1. The van der Waals surface area contributed by atoms with Crippen LogP contribution in [0.5, 0.6) is 5.75 Å². The van der Waals surface area contributed by atoms with Gasteiger partial charge in [-0.25, -0.2) is 0 Å². The topological polar surface area (TPSA) is 26.2 Å². The van der Waals surface area contributed by atoms with Crippen LogP contribution < -0.4 is 10.1 Å². The molecule has 0 amide bonds. The Morgan fingerprint density at radius 3 is 2.71 bits per heavy atom. The molecule has 1 N–H and O–H groups in total. The Morgan fingerprint density at radius 2 is 1.83 bits per heavy atom. The van der Waals surface area contributed by atoms with Crippen LogP contribution in [0, 0.1) is 0 Å². The van der Waals surface area contributed by atoms with E-state index in [1.807, 2.05) is 30.3 Å². The average Bonchev–Trinajstić information content (AvgIpc) is 2.75. The van der Waals surface area contributed by atoms with Crippen molar-refractivity contribution in [3.63, 3.8) is 0 Å². The molecule has 3 aromatic rings. The Bertz CT molecular complexity index is 842. The van der Waals surface area contributed by atoms with Gasteiger partial charge >= 0.3 is 0 Å². The third-order valence-corrected chi connectivity index (χ3v) is 5.34. The predicted octanol–water partition coefficient (Wildman–Crippen LogP) is 4.17. The van der Waals surface area contributed by atoms with Crippen LogP contribution in [0.25, 0.3) is 10.9 Å². The van der Waals surface area contributed by atoms with Crippen LogP contribution in [0.2, 0.25) is 0 Å². The lowest BCUT2D eigenvalue weighted by Crippen LogP contribution is -2.18. The third kappa shape index (κ3) is 2.96. The summed E-state index contributed by atoms with van der Waals surface area (Å²) in [5.74, 6) is 0.933. The smallest absolute Gasteiger partial charge is 0.119 e. The highest BCUT2D eigenvalue weighted by molar-refractivity contribution is 9.10. The van der Waals surface area contributed by atoms with Gasteiger partial charge in [0.15, 0.2) is 0 Å². The highest BCUT2D eigenvalue weighted by atomic mass is 79.9. The first-order valence-corrected chi connectivity index (χ1v) is 9.31. The second-order valence-electron chi connectivity index (χ2n) is 6.12. The number of aromatic nitrogens is 1. The van der Waals surface area contributed by atoms with E-state index in [0.717, 1.165) is 38.2 Å². The maximum Gasteiger partial charge on any atom is 0.119 e. The zero-order valence-corrected chi connectivity index (χ0v) is 15.2. The molecule has 4 heteroatoms. The van der Waals surface area contributed by atoms with Crippen molar-refractivity contribution in [2.45, 2.75) is 19.4 Å². The second kappa shape index (κ2) is 6.99. The van der Waals surface area contributed by atoms with Crippen LogP contribution in [-0.2, 0) is 19.4 Å². The van der Waals surface area contributed by atoms with E-state index in [9.17, 15) is 0 Å². The lowest BCUT2D eigenvalue weighted by molar-refractivity contribution is 0.299. The van der Waals surface area contributed by atoms with Gasteiger partial charge in [0.2, 0.25) is 0 Å². The van der Waals surface area contributed by atoms with Crippen LogP contribution in [0.3, 0.4) is 0 Å². The van der Waals surface area contributed by atoms with Gasteiger partial charge in [-0.2, -0.15) is 0 Å². The SMILES string of the molecule is Brc1cccc2c1c1c(n2CCOc2ccccc2)CCNCC1.